The Balaban J connectivity index is 1.47. The molecule has 0 spiro atoms. The van der Waals surface area contributed by atoms with Crippen LogP contribution in [0.2, 0.25) is 5.02 Å². The minimum atomic E-state index is -0.503. The summed E-state index contributed by atoms with van der Waals surface area (Å²) in [5.41, 5.74) is 9.79. The maximum atomic E-state index is 6.48. The number of anilines is 1. The number of rotatable bonds is 4. The third-order valence-electron chi connectivity index (χ3n) is 6.29. The maximum absolute atomic E-state index is 6.48. The van der Waals surface area contributed by atoms with Crippen molar-refractivity contribution in [3.63, 3.8) is 0 Å². The average molecular weight is 479 g/mol. The highest BCUT2D eigenvalue weighted by Crippen LogP contribution is 2.47. The van der Waals surface area contributed by atoms with Gasteiger partial charge in [0.1, 0.15) is 0 Å². The minimum absolute atomic E-state index is 0.191. The van der Waals surface area contributed by atoms with Crippen LogP contribution in [0.1, 0.15) is 82.2 Å². The zero-order valence-electron chi connectivity index (χ0n) is 20.5. The van der Waals surface area contributed by atoms with Crippen LogP contribution in [-0.2, 0) is 5.54 Å². The predicted octanol–water partition coefficient (Wildman–Crippen LogP) is 5.09. The van der Waals surface area contributed by atoms with Gasteiger partial charge in [0, 0.05) is 22.8 Å². The standard InChI is InChI=1S/C25H31ClN8/c1-13-19(28-12-18(29-13)25(5,6)27)14-10-15(11-14)21-31-22-16-8-7-9-17(26)20(16)30-23(34(22)33-21)32-24(2,3)4/h7-9,12,14-15H,10-11,27H2,1-6H3,(H,30,32)/t14-,15+. The topological polar surface area (TPSA) is 107 Å². The van der Waals surface area contributed by atoms with Crippen LogP contribution in [0.25, 0.3) is 16.6 Å². The van der Waals surface area contributed by atoms with Gasteiger partial charge in [-0.15, -0.1) is 5.10 Å². The Kier molecular flexibility index (Phi) is 5.29. The number of nitrogens with one attached hydrogen (secondary N) is 1. The van der Waals surface area contributed by atoms with E-state index in [0.29, 0.717) is 16.9 Å². The molecule has 3 N–H and O–H groups in total. The summed E-state index contributed by atoms with van der Waals surface area (Å²) in [6.07, 6.45) is 3.68. The van der Waals surface area contributed by atoms with Crippen molar-refractivity contribution in [2.75, 3.05) is 5.32 Å². The smallest absolute Gasteiger partial charge is 0.226 e. The predicted molar refractivity (Wildman–Crippen MR) is 135 cm³/mol. The number of nitrogens with two attached hydrogens (primary N) is 1. The molecular weight excluding hydrogens is 448 g/mol. The Labute approximate surface area is 204 Å². The lowest BCUT2D eigenvalue weighted by molar-refractivity contribution is 0.329. The number of nitrogens with zero attached hydrogens (tertiary/aromatic N) is 6. The van der Waals surface area contributed by atoms with E-state index in [1.807, 2.05) is 49.7 Å². The van der Waals surface area contributed by atoms with Gasteiger partial charge in [0.15, 0.2) is 11.5 Å². The Hall–Kier alpha value is -2.84. The van der Waals surface area contributed by atoms with E-state index in [4.69, 9.17) is 42.4 Å². The van der Waals surface area contributed by atoms with E-state index in [0.717, 1.165) is 52.3 Å². The second-order valence-electron chi connectivity index (χ2n) is 11.0. The zero-order chi connectivity index (χ0) is 24.4. The van der Waals surface area contributed by atoms with Gasteiger partial charge in [-0.1, -0.05) is 17.7 Å². The summed E-state index contributed by atoms with van der Waals surface area (Å²) in [6, 6.07) is 5.76. The van der Waals surface area contributed by atoms with Crippen molar-refractivity contribution in [3.8, 4) is 0 Å². The fourth-order valence-corrected chi connectivity index (χ4v) is 4.67. The molecule has 0 saturated heterocycles. The van der Waals surface area contributed by atoms with E-state index in [1.165, 1.54) is 0 Å². The first-order valence-electron chi connectivity index (χ1n) is 11.7. The molecule has 0 unspecified atom stereocenters. The molecule has 9 heteroatoms. The van der Waals surface area contributed by atoms with Crippen LogP contribution in [-0.4, -0.2) is 35.1 Å². The second-order valence-corrected chi connectivity index (χ2v) is 11.4. The molecule has 5 rings (SSSR count). The Morgan fingerprint density at radius 2 is 1.79 bits per heavy atom. The van der Waals surface area contributed by atoms with Gasteiger partial charge in [0.05, 0.1) is 39.4 Å². The Morgan fingerprint density at radius 1 is 1.06 bits per heavy atom. The molecule has 1 aliphatic rings. The lowest BCUT2D eigenvalue weighted by atomic mass is 9.72. The summed E-state index contributed by atoms with van der Waals surface area (Å²) in [7, 11) is 0. The molecule has 1 saturated carbocycles. The van der Waals surface area contributed by atoms with Crippen LogP contribution in [0.3, 0.4) is 0 Å². The van der Waals surface area contributed by atoms with Crippen molar-refractivity contribution in [3.05, 3.63) is 52.3 Å². The normalized spacial score (nSPS) is 18.9. The number of benzene rings is 1. The molecule has 0 bridgehead atoms. The van der Waals surface area contributed by atoms with Gasteiger partial charge in [-0.3, -0.25) is 9.97 Å². The van der Waals surface area contributed by atoms with E-state index in [-0.39, 0.29) is 11.5 Å². The van der Waals surface area contributed by atoms with Gasteiger partial charge in [-0.25, -0.2) is 9.97 Å². The van der Waals surface area contributed by atoms with Crippen LogP contribution in [0.5, 0.6) is 0 Å². The number of aromatic nitrogens is 6. The third kappa shape index (κ3) is 4.09. The fourth-order valence-electron chi connectivity index (χ4n) is 4.46. The van der Waals surface area contributed by atoms with E-state index in [1.54, 1.807) is 0 Å². The number of aryl methyl sites for hydroxylation is 1. The minimum Gasteiger partial charge on any atom is -0.350 e. The lowest BCUT2D eigenvalue weighted by Gasteiger charge is -2.33. The molecule has 0 radical (unpaired) electrons. The summed E-state index contributed by atoms with van der Waals surface area (Å²) >= 11 is 6.48. The van der Waals surface area contributed by atoms with Crippen LogP contribution >= 0.6 is 11.6 Å². The number of halogens is 1. The molecule has 1 fully saturated rings. The van der Waals surface area contributed by atoms with Gasteiger partial charge < -0.3 is 11.1 Å². The van der Waals surface area contributed by atoms with E-state index >= 15 is 0 Å². The zero-order valence-corrected chi connectivity index (χ0v) is 21.3. The summed E-state index contributed by atoms with van der Waals surface area (Å²) in [5.74, 6) is 2.07. The molecule has 0 aliphatic heterocycles. The summed E-state index contributed by atoms with van der Waals surface area (Å²) in [6.45, 7) is 12.2. The number of para-hydroxylation sites is 1. The molecule has 1 aliphatic carbocycles. The van der Waals surface area contributed by atoms with Gasteiger partial charge >= 0.3 is 0 Å². The van der Waals surface area contributed by atoms with Crippen molar-refractivity contribution in [1.82, 2.24) is 29.5 Å². The van der Waals surface area contributed by atoms with Crippen LogP contribution in [0.15, 0.2) is 24.4 Å². The molecule has 3 heterocycles. The molecule has 0 amide bonds. The molecule has 178 valence electrons. The lowest BCUT2D eigenvalue weighted by Crippen LogP contribution is -2.31. The first kappa shape index (κ1) is 22.9. The van der Waals surface area contributed by atoms with Crippen LogP contribution in [0.4, 0.5) is 5.95 Å². The molecule has 34 heavy (non-hydrogen) atoms. The molecule has 4 aromatic rings. The highest BCUT2D eigenvalue weighted by Gasteiger charge is 2.37. The molecular formula is C25H31ClN8. The van der Waals surface area contributed by atoms with Crippen molar-refractivity contribution < 1.29 is 0 Å². The fraction of sp³-hybridized carbons (Fsp3) is 0.480. The SMILES string of the molecule is Cc1nc(C(C)(C)N)cnc1[C@H]1C[C@@H](c2nc3c4cccc(Cl)c4nc(NC(C)(C)C)n3n2)C1. The first-order valence-corrected chi connectivity index (χ1v) is 12.0. The second kappa shape index (κ2) is 7.85. The van der Waals surface area contributed by atoms with Gasteiger partial charge in [0.2, 0.25) is 5.95 Å². The van der Waals surface area contributed by atoms with E-state index < -0.39 is 5.54 Å². The van der Waals surface area contributed by atoms with Gasteiger partial charge in [-0.05, 0) is 66.5 Å². The first-order chi connectivity index (χ1) is 15.9. The average Bonchev–Trinajstić information content (AvgIpc) is 3.12. The summed E-state index contributed by atoms with van der Waals surface area (Å²) < 4.78 is 1.82. The third-order valence-corrected chi connectivity index (χ3v) is 6.60. The van der Waals surface area contributed by atoms with Crippen LogP contribution < -0.4 is 11.1 Å². The van der Waals surface area contributed by atoms with E-state index in [9.17, 15) is 0 Å². The summed E-state index contributed by atoms with van der Waals surface area (Å²) in [4.78, 5) is 19.2. The van der Waals surface area contributed by atoms with Crippen molar-refractivity contribution in [2.45, 2.75) is 77.3 Å². The highest BCUT2D eigenvalue weighted by molar-refractivity contribution is 6.35. The highest BCUT2D eigenvalue weighted by atomic mass is 35.5. The van der Waals surface area contributed by atoms with E-state index in [2.05, 4.69) is 26.1 Å². The number of hydrogen-bond acceptors (Lipinski definition) is 7. The molecule has 3 aromatic heterocycles. The Morgan fingerprint density at radius 3 is 2.44 bits per heavy atom. The Bertz CT molecular complexity index is 1390. The molecule has 0 atom stereocenters. The van der Waals surface area contributed by atoms with Crippen molar-refractivity contribution in [1.29, 1.82) is 0 Å². The quantitative estimate of drug-likeness (QED) is 0.420. The summed E-state index contributed by atoms with van der Waals surface area (Å²) in [5, 5.41) is 9.83. The van der Waals surface area contributed by atoms with Crippen LogP contribution in [0, 0.1) is 6.92 Å². The number of hydrogen-bond donors (Lipinski definition) is 2. The van der Waals surface area contributed by atoms with Crippen molar-refractivity contribution >= 4 is 34.1 Å². The van der Waals surface area contributed by atoms with Gasteiger partial charge in [0.25, 0.3) is 0 Å². The monoisotopic (exact) mass is 478 g/mol. The molecule has 1 aromatic carbocycles. The maximum Gasteiger partial charge on any atom is 0.226 e. The number of fused-ring (bicyclic) bond motifs is 3. The molecule has 8 nitrogen and oxygen atoms in total. The van der Waals surface area contributed by atoms with Gasteiger partial charge in [-0.2, -0.15) is 4.52 Å². The van der Waals surface area contributed by atoms with Crippen molar-refractivity contribution in [2.24, 2.45) is 5.73 Å². The largest absolute Gasteiger partial charge is 0.350 e.